The highest BCUT2D eigenvalue weighted by Crippen LogP contribution is 2.33. The highest BCUT2D eigenvalue weighted by Gasteiger charge is 2.06. The Balaban J connectivity index is 1.27. The maximum Gasteiger partial charge on any atom is 0.0991 e. The first kappa shape index (κ1) is 23.3. The lowest BCUT2D eigenvalue weighted by atomic mass is 10.1. The second-order valence-electron chi connectivity index (χ2n) is 9.20. The zero-order valence-corrected chi connectivity index (χ0v) is 21.2. The van der Waals surface area contributed by atoms with Crippen molar-refractivity contribution in [1.29, 1.82) is 0 Å². The van der Waals surface area contributed by atoms with E-state index in [1.807, 2.05) is 70.9 Å². The van der Waals surface area contributed by atoms with Crippen LogP contribution in [0.15, 0.2) is 120 Å². The summed E-state index contributed by atoms with van der Waals surface area (Å²) in [6.45, 7) is 4.20. The zero-order chi connectivity index (χ0) is 25.9. The van der Waals surface area contributed by atoms with Gasteiger partial charge in [0.25, 0.3) is 0 Å². The van der Waals surface area contributed by atoms with Gasteiger partial charge < -0.3 is 9.13 Å². The van der Waals surface area contributed by atoms with E-state index in [4.69, 9.17) is 9.98 Å². The molecule has 184 valence electrons. The monoisotopic (exact) mass is 494 g/mol. The fourth-order valence-corrected chi connectivity index (χ4v) is 4.68. The second-order valence-corrected chi connectivity index (χ2v) is 9.20. The highest BCUT2D eigenvalue weighted by molar-refractivity contribution is 6.02. The molecule has 0 fully saturated rings. The molecule has 38 heavy (non-hydrogen) atoms. The van der Waals surface area contributed by atoms with E-state index in [-0.39, 0.29) is 0 Å². The van der Waals surface area contributed by atoms with E-state index in [1.54, 1.807) is 12.4 Å². The SMILES string of the molecule is Cc1cc(/C=N/c2ccc(/N=C/c3ccc(-n4ccnc4)c(C)c3)c3ccccc23)ccc1-n1ccnc1. The van der Waals surface area contributed by atoms with E-state index in [9.17, 15) is 0 Å². The summed E-state index contributed by atoms with van der Waals surface area (Å²) in [5, 5.41) is 2.13. The van der Waals surface area contributed by atoms with Crippen LogP contribution in [0.4, 0.5) is 11.4 Å². The number of imidazole rings is 2. The third-order valence-corrected chi connectivity index (χ3v) is 6.59. The standard InChI is InChI=1S/C32H26N6/c1-23-17-25(7-11-31(23)37-15-13-33-21-37)19-35-29-9-10-30(28-6-4-3-5-27(28)29)36-20-26-8-12-32(24(2)18-26)38-16-14-34-22-38/h3-22H,1-2H3/b35-19+,36-20+. The molecule has 4 aromatic carbocycles. The van der Waals surface area contributed by atoms with Crippen molar-refractivity contribution in [2.45, 2.75) is 13.8 Å². The lowest BCUT2D eigenvalue weighted by Gasteiger charge is -2.08. The lowest BCUT2D eigenvalue weighted by Crippen LogP contribution is -1.95. The quantitative estimate of drug-likeness (QED) is 0.228. The van der Waals surface area contributed by atoms with Gasteiger partial charge in [0.1, 0.15) is 0 Å². The third kappa shape index (κ3) is 4.67. The number of aromatic nitrogens is 4. The lowest BCUT2D eigenvalue weighted by molar-refractivity contribution is 1.04. The molecule has 0 N–H and O–H groups in total. The van der Waals surface area contributed by atoms with Crippen LogP contribution < -0.4 is 0 Å². The molecule has 0 saturated heterocycles. The van der Waals surface area contributed by atoms with Crippen LogP contribution in [0.2, 0.25) is 0 Å². The fourth-order valence-electron chi connectivity index (χ4n) is 4.68. The molecule has 0 spiro atoms. The van der Waals surface area contributed by atoms with Crippen LogP contribution in [-0.2, 0) is 0 Å². The molecule has 6 heteroatoms. The van der Waals surface area contributed by atoms with Crippen molar-refractivity contribution in [3.05, 3.63) is 132 Å². The number of benzene rings is 4. The largest absolute Gasteiger partial charge is 0.306 e. The van der Waals surface area contributed by atoms with Gasteiger partial charge in [-0.05, 0) is 72.5 Å². The minimum Gasteiger partial charge on any atom is -0.306 e. The molecule has 0 bridgehead atoms. The van der Waals surface area contributed by atoms with Gasteiger partial charge in [0, 0.05) is 59.4 Å². The van der Waals surface area contributed by atoms with E-state index in [2.05, 4.69) is 72.3 Å². The molecule has 2 heterocycles. The summed E-state index contributed by atoms with van der Waals surface area (Å²) < 4.78 is 4.02. The highest BCUT2D eigenvalue weighted by atomic mass is 15.0. The molecule has 0 amide bonds. The molecule has 0 radical (unpaired) electrons. The zero-order valence-electron chi connectivity index (χ0n) is 21.2. The minimum absolute atomic E-state index is 0.913. The van der Waals surface area contributed by atoms with Crippen molar-refractivity contribution in [2.24, 2.45) is 9.98 Å². The molecule has 2 aromatic heterocycles. The smallest absolute Gasteiger partial charge is 0.0991 e. The maximum atomic E-state index is 4.84. The Morgan fingerprint density at radius 3 is 1.47 bits per heavy atom. The molecule has 0 unspecified atom stereocenters. The summed E-state index contributed by atoms with van der Waals surface area (Å²) in [6, 6.07) is 25.0. The molecule has 6 nitrogen and oxygen atoms in total. The topological polar surface area (TPSA) is 60.4 Å². The van der Waals surface area contributed by atoms with E-state index in [1.165, 1.54) is 0 Å². The number of hydrogen-bond donors (Lipinski definition) is 0. The molecule has 0 aliphatic heterocycles. The Hall–Kier alpha value is -5.10. The van der Waals surface area contributed by atoms with Crippen LogP contribution in [0, 0.1) is 13.8 Å². The van der Waals surface area contributed by atoms with Crippen LogP contribution in [0.3, 0.4) is 0 Å². The van der Waals surface area contributed by atoms with Crippen molar-refractivity contribution < 1.29 is 0 Å². The number of fused-ring (bicyclic) bond motifs is 1. The molecule has 6 aromatic rings. The maximum absolute atomic E-state index is 4.84. The molecule has 0 atom stereocenters. The van der Waals surface area contributed by atoms with Crippen LogP contribution >= 0.6 is 0 Å². The average molecular weight is 495 g/mol. The molecule has 0 aliphatic carbocycles. The predicted molar refractivity (Wildman–Crippen MR) is 155 cm³/mol. The Morgan fingerprint density at radius 1 is 0.605 bits per heavy atom. The summed E-state index contributed by atoms with van der Waals surface area (Å²) >= 11 is 0. The molecule has 0 saturated carbocycles. The normalized spacial score (nSPS) is 11.7. The van der Waals surface area contributed by atoms with E-state index >= 15 is 0 Å². The van der Waals surface area contributed by atoms with Gasteiger partial charge in [0.2, 0.25) is 0 Å². The van der Waals surface area contributed by atoms with E-state index in [0.29, 0.717) is 0 Å². The van der Waals surface area contributed by atoms with Gasteiger partial charge in [-0.25, -0.2) is 9.97 Å². The minimum atomic E-state index is 0.913. The number of nitrogens with zero attached hydrogens (tertiary/aromatic N) is 6. The fraction of sp³-hybridized carbons (Fsp3) is 0.0625. The van der Waals surface area contributed by atoms with Gasteiger partial charge in [0.15, 0.2) is 0 Å². The van der Waals surface area contributed by atoms with Crippen molar-refractivity contribution in [2.75, 3.05) is 0 Å². The second kappa shape index (κ2) is 10.1. The van der Waals surface area contributed by atoms with Crippen molar-refractivity contribution in [3.63, 3.8) is 0 Å². The van der Waals surface area contributed by atoms with E-state index < -0.39 is 0 Å². The Morgan fingerprint density at radius 2 is 1.08 bits per heavy atom. The summed E-state index contributed by atoms with van der Waals surface area (Å²) in [6.07, 6.45) is 14.9. The third-order valence-electron chi connectivity index (χ3n) is 6.59. The van der Waals surface area contributed by atoms with Crippen LogP contribution in [-0.4, -0.2) is 31.5 Å². The van der Waals surface area contributed by atoms with Gasteiger partial charge in [-0.3, -0.25) is 9.98 Å². The molecule has 6 rings (SSSR count). The summed E-state index contributed by atoms with van der Waals surface area (Å²) in [7, 11) is 0. The van der Waals surface area contributed by atoms with Crippen LogP contribution in [0.25, 0.3) is 22.1 Å². The van der Waals surface area contributed by atoms with Gasteiger partial charge in [-0.2, -0.15) is 0 Å². The van der Waals surface area contributed by atoms with Gasteiger partial charge >= 0.3 is 0 Å². The Labute approximate surface area is 221 Å². The summed E-state index contributed by atoms with van der Waals surface area (Å²) in [5.41, 5.74) is 8.47. The van der Waals surface area contributed by atoms with Gasteiger partial charge in [0.05, 0.1) is 24.0 Å². The number of aryl methyl sites for hydroxylation is 2. The number of hydrogen-bond acceptors (Lipinski definition) is 4. The van der Waals surface area contributed by atoms with Gasteiger partial charge in [-0.1, -0.05) is 36.4 Å². The summed E-state index contributed by atoms with van der Waals surface area (Å²) in [5.74, 6) is 0. The van der Waals surface area contributed by atoms with Crippen molar-refractivity contribution >= 4 is 34.6 Å². The van der Waals surface area contributed by atoms with E-state index in [0.717, 1.165) is 55.8 Å². The first-order valence-corrected chi connectivity index (χ1v) is 12.4. The first-order valence-electron chi connectivity index (χ1n) is 12.4. The van der Waals surface area contributed by atoms with Crippen LogP contribution in [0.5, 0.6) is 0 Å². The van der Waals surface area contributed by atoms with Crippen molar-refractivity contribution in [3.8, 4) is 11.4 Å². The Kier molecular flexibility index (Phi) is 6.20. The average Bonchev–Trinajstić information content (AvgIpc) is 3.66. The summed E-state index contributed by atoms with van der Waals surface area (Å²) in [4.78, 5) is 18.0. The number of rotatable bonds is 6. The predicted octanol–water partition coefficient (Wildman–Crippen LogP) is 7.33. The first-order chi connectivity index (χ1) is 18.7. The molecular weight excluding hydrogens is 468 g/mol. The number of aliphatic imine (C=N–C) groups is 2. The van der Waals surface area contributed by atoms with Crippen molar-refractivity contribution in [1.82, 2.24) is 19.1 Å². The van der Waals surface area contributed by atoms with Gasteiger partial charge in [-0.15, -0.1) is 0 Å². The molecule has 0 aliphatic rings. The Bertz CT molecular complexity index is 1640. The molecular formula is C32H26N6. The van der Waals surface area contributed by atoms with Crippen LogP contribution in [0.1, 0.15) is 22.3 Å².